The SMILES string of the molecule is O=C(C=Cc1ccc2c(c1)OCO2)N1CCN(CC(=O)N2CCCC2)CC1. The summed E-state index contributed by atoms with van der Waals surface area (Å²) in [6, 6.07) is 5.62. The predicted molar refractivity (Wildman–Crippen MR) is 100 cm³/mol. The molecule has 2 fully saturated rings. The second-order valence-electron chi connectivity index (χ2n) is 7.14. The first-order valence-corrected chi connectivity index (χ1v) is 9.56. The molecule has 1 aromatic rings. The molecule has 0 radical (unpaired) electrons. The highest BCUT2D eigenvalue weighted by Crippen LogP contribution is 2.32. The minimum Gasteiger partial charge on any atom is -0.454 e. The molecule has 0 aliphatic carbocycles. The quantitative estimate of drug-likeness (QED) is 0.744. The van der Waals surface area contributed by atoms with Gasteiger partial charge in [-0.15, -0.1) is 0 Å². The molecule has 0 bridgehead atoms. The maximum atomic E-state index is 12.4. The molecule has 4 rings (SSSR count). The van der Waals surface area contributed by atoms with Crippen LogP contribution in [0.1, 0.15) is 18.4 Å². The summed E-state index contributed by atoms with van der Waals surface area (Å²) in [7, 11) is 0. The molecule has 27 heavy (non-hydrogen) atoms. The molecule has 1 aromatic carbocycles. The third-order valence-corrected chi connectivity index (χ3v) is 5.32. The average molecular weight is 371 g/mol. The molecule has 3 heterocycles. The Morgan fingerprint density at radius 1 is 0.926 bits per heavy atom. The molecule has 0 saturated carbocycles. The molecule has 2 amide bonds. The van der Waals surface area contributed by atoms with Gasteiger partial charge in [0.25, 0.3) is 0 Å². The van der Waals surface area contributed by atoms with Gasteiger partial charge in [-0.2, -0.15) is 0 Å². The van der Waals surface area contributed by atoms with Gasteiger partial charge in [-0.3, -0.25) is 14.5 Å². The van der Waals surface area contributed by atoms with Crippen molar-refractivity contribution in [2.24, 2.45) is 0 Å². The number of benzene rings is 1. The number of hydrogen-bond donors (Lipinski definition) is 0. The van der Waals surface area contributed by atoms with Crippen LogP contribution in [-0.2, 0) is 9.59 Å². The van der Waals surface area contributed by atoms with Crippen molar-refractivity contribution >= 4 is 17.9 Å². The molecule has 0 N–H and O–H groups in total. The van der Waals surface area contributed by atoms with Gasteiger partial charge in [0.1, 0.15) is 0 Å². The van der Waals surface area contributed by atoms with E-state index in [0.29, 0.717) is 25.4 Å². The Labute approximate surface area is 159 Å². The van der Waals surface area contributed by atoms with Crippen molar-refractivity contribution in [2.45, 2.75) is 12.8 Å². The lowest BCUT2D eigenvalue weighted by atomic mass is 10.2. The van der Waals surface area contributed by atoms with Crippen LogP contribution in [0.4, 0.5) is 0 Å². The van der Waals surface area contributed by atoms with Gasteiger partial charge >= 0.3 is 0 Å². The smallest absolute Gasteiger partial charge is 0.246 e. The number of ether oxygens (including phenoxy) is 2. The van der Waals surface area contributed by atoms with Gasteiger partial charge in [-0.25, -0.2) is 0 Å². The maximum absolute atomic E-state index is 12.4. The van der Waals surface area contributed by atoms with Crippen molar-refractivity contribution < 1.29 is 19.1 Å². The summed E-state index contributed by atoms with van der Waals surface area (Å²) in [6.07, 6.45) is 5.63. The van der Waals surface area contributed by atoms with Crippen LogP contribution >= 0.6 is 0 Å². The van der Waals surface area contributed by atoms with Crippen LogP contribution in [0.5, 0.6) is 11.5 Å². The van der Waals surface area contributed by atoms with E-state index in [0.717, 1.165) is 50.3 Å². The van der Waals surface area contributed by atoms with Crippen LogP contribution in [0.25, 0.3) is 6.08 Å². The number of piperazine rings is 1. The fraction of sp³-hybridized carbons (Fsp3) is 0.500. The Morgan fingerprint density at radius 2 is 1.67 bits per heavy atom. The van der Waals surface area contributed by atoms with Crippen LogP contribution in [-0.4, -0.2) is 79.1 Å². The van der Waals surface area contributed by atoms with E-state index in [1.807, 2.05) is 28.0 Å². The number of carbonyl (C=O) groups excluding carboxylic acids is 2. The molecule has 144 valence electrons. The Kier molecular flexibility index (Phi) is 5.29. The number of fused-ring (bicyclic) bond motifs is 1. The summed E-state index contributed by atoms with van der Waals surface area (Å²) in [5.74, 6) is 1.66. The predicted octanol–water partition coefficient (Wildman–Crippen LogP) is 1.20. The molecule has 0 atom stereocenters. The highest BCUT2D eigenvalue weighted by molar-refractivity contribution is 5.92. The molecule has 2 saturated heterocycles. The zero-order chi connectivity index (χ0) is 18.6. The minimum absolute atomic E-state index is 0.00168. The first-order chi connectivity index (χ1) is 13.2. The maximum Gasteiger partial charge on any atom is 0.246 e. The van der Waals surface area contributed by atoms with Gasteiger partial charge in [0.05, 0.1) is 6.54 Å². The zero-order valence-electron chi connectivity index (χ0n) is 15.4. The van der Waals surface area contributed by atoms with Gasteiger partial charge in [-0.1, -0.05) is 6.07 Å². The summed E-state index contributed by atoms with van der Waals surface area (Å²) >= 11 is 0. The number of nitrogens with zero attached hydrogens (tertiary/aromatic N) is 3. The second kappa shape index (κ2) is 8.00. The largest absolute Gasteiger partial charge is 0.454 e. The molecule has 7 nitrogen and oxygen atoms in total. The first-order valence-electron chi connectivity index (χ1n) is 9.56. The highest BCUT2D eigenvalue weighted by Gasteiger charge is 2.24. The lowest BCUT2D eigenvalue weighted by molar-refractivity contribution is -0.132. The van der Waals surface area contributed by atoms with Crippen LogP contribution in [0, 0.1) is 0 Å². The zero-order valence-corrected chi connectivity index (χ0v) is 15.4. The molecule has 3 aliphatic heterocycles. The van der Waals surface area contributed by atoms with Gasteiger partial charge in [0.2, 0.25) is 18.6 Å². The van der Waals surface area contributed by atoms with Crippen molar-refractivity contribution in [3.05, 3.63) is 29.8 Å². The van der Waals surface area contributed by atoms with Crippen LogP contribution in [0.3, 0.4) is 0 Å². The molecule has 0 spiro atoms. The summed E-state index contributed by atoms with van der Waals surface area (Å²) < 4.78 is 10.6. The fourth-order valence-corrected chi connectivity index (χ4v) is 3.67. The summed E-state index contributed by atoms with van der Waals surface area (Å²) in [6.45, 7) is 5.27. The second-order valence-corrected chi connectivity index (χ2v) is 7.14. The number of rotatable bonds is 4. The normalized spacial score (nSPS) is 19.9. The van der Waals surface area contributed by atoms with Crippen molar-refractivity contribution in [3.8, 4) is 11.5 Å². The van der Waals surface area contributed by atoms with E-state index in [1.165, 1.54) is 0 Å². The molecule has 3 aliphatic rings. The van der Waals surface area contributed by atoms with Crippen LogP contribution in [0.15, 0.2) is 24.3 Å². The molecular formula is C20H25N3O4. The molecular weight excluding hydrogens is 346 g/mol. The standard InChI is InChI=1S/C20H25N3O4/c24-19(6-4-16-3-5-17-18(13-16)27-15-26-17)23-11-9-21(10-12-23)14-20(25)22-7-1-2-8-22/h3-6,13H,1-2,7-12,14-15H2. The number of likely N-dealkylation sites (tertiary alicyclic amines) is 1. The van der Waals surface area contributed by atoms with E-state index in [9.17, 15) is 9.59 Å². The van der Waals surface area contributed by atoms with Crippen molar-refractivity contribution in [3.63, 3.8) is 0 Å². The van der Waals surface area contributed by atoms with Crippen molar-refractivity contribution in [2.75, 3.05) is 52.6 Å². The lowest BCUT2D eigenvalue weighted by Gasteiger charge is -2.34. The third-order valence-electron chi connectivity index (χ3n) is 5.32. The summed E-state index contributed by atoms with van der Waals surface area (Å²) in [4.78, 5) is 30.6. The topological polar surface area (TPSA) is 62.3 Å². The summed E-state index contributed by atoms with van der Waals surface area (Å²) in [5, 5.41) is 0. The number of carbonyl (C=O) groups is 2. The molecule has 7 heteroatoms. The van der Waals surface area contributed by atoms with E-state index in [4.69, 9.17) is 9.47 Å². The first kappa shape index (κ1) is 17.9. The summed E-state index contributed by atoms with van der Waals surface area (Å²) in [5.41, 5.74) is 0.905. The Bertz CT molecular complexity index is 735. The van der Waals surface area contributed by atoms with Crippen LogP contribution < -0.4 is 9.47 Å². The van der Waals surface area contributed by atoms with Crippen LogP contribution in [0.2, 0.25) is 0 Å². The van der Waals surface area contributed by atoms with E-state index < -0.39 is 0 Å². The highest BCUT2D eigenvalue weighted by atomic mass is 16.7. The van der Waals surface area contributed by atoms with Gasteiger partial charge in [-0.05, 0) is 36.6 Å². The third kappa shape index (κ3) is 4.24. The van der Waals surface area contributed by atoms with E-state index in [-0.39, 0.29) is 18.6 Å². The fourth-order valence-electron chi connectivity index (χ4n) is 3.67. The van der Waals surface area contributed by atoms with E-state index in [1.54, 1.807) is 12.2 Å². The van der Waals surface area contributed by atoms with Crippen molar-refractivity contribution in [1.82, 2.24) is 14.7 Å². The monoisotopic (exact) mass is 371 g/mol. The number of amides is 2. The number of hydrogen-bond acceptors (Lipinski definition) is 5. The van der Waals surface area contributed by atoms with Crippen molar-refractivity contribution in [1.29, 1.82) is 0 Å². The minimum atomic E-state index is -0.00168. The van der Waals surface area contributed by atoms with E-state index in [2.05, 4.69) is 4.90 Å². The Hall–Kier alpha value is -2.54. The lowest BCUT2D eigenvalue weighted by Crippen LogP contribution is -2.51. The average Bonchev–Trinajstić information content (AvgIpc) is 3.38. The van der Waals surface area contributed by atoms with Gasteiger partial charge < -0.3 is 19.3 Å². The Morgan fingerprint density at radius 3 is 2.44 bits per heavy atom. The van der Waals surface area contributed by atoms with E-state index >= 15 is 0 Å². The van der Waals surface area contributed by atoms with Gasteiger partial charge in [0.15, 0.2) is 11.5 Å². The molecule has 0 aromatic heterocycles. The van der Waals surface area contributed by atoms with Gasteiger partial charge in [0, 0.05) is 45.3 Å². The Balaban J connectivity index is 1.25. The molecule has 0 unspecified atom stereocenters.